The number of rotatable bonds is 9. The van der Waals surface area contributed by atoms with Crippen molar-refractivity contribution in [3.63, 3.8) is 0 Å². The summed E-state index contributed by atoms with van der Waals surface area (Å²) < 4.78 is 12.1. The van der Waals surface area contributed by atoms with Crippen molar-refractivity contribution in [3.05, 3.63) is 47.0 Å². The maximum Gasteiger partial charge on any atom is 0.266 e. The molecule has 0 spiro atoms. The van der Waals surface area contributed by atoms with Gasteiger partial charge in [-0.1, -0.05) is 22.9 Å². The Bertz CT molecular complexity index is 1010. The Labute approximate surface area is 198 Å². The molecular formula is C22H27Cl2N3O3S. The molecule has 0 unspecified atom stereocenters. The van der Waals surface area contributed by atoms with E-state index in [1.54, 1.807) is 17.0 Å². The van der Waals surface area contributed by atoms with Crippen LogP contribution in [0, 0.1) is 6.92 Å². The van der Waals surface area contributed by atoms with E-state index in [0.717, 1.165) is 21.5 Å². The molecule has 2 aromatic carbocycles. The second kappa shape index (κ2) is 11.5. The van der Waals surface area contributed by atoms with Crippen LogP contribution in [0.2, 0.25) is 5.02 Å². The highest BCUT2D eigenvalue weighted by Crippen LogP contribution is 2.33. The molecule has 0 saturated carbocycles. The molecule has 1 aromatic heterocycles. The van der Waals surface area contributed by atoms with Crippen LogP contribution < -0.4 is 14.4 Å². The van der Waals surface area contributed by atoms with E-state index in [4.69, 9.17) is 26.1 Å². The number of nitrogens with zero attached hydrogens (tertiary/aromatic N) is 3. The van der Waals surface area contributed by atoms with Gasteiger partial charge in [-0.2, -0.15) is 0 Å². The maximum atomic E-state index is 13.0. The summed E-state index contributed by atoms with van der Waals surface area (Å²) in [5.41, 5.74) is 1.86. The van der Waals surface area contributed by atoms with Gasteiger partial charge in [0.05, 0.1) is 16.8 Å². The molecule has 3 aromatic rings. The third-order valence-corrected chi connectivity index (χ3v) is 5.68. The van der Waals surface area contributed by atoms with Crippen molar-refractivity contribution in [3.8, 4) is 11.5 Å². The van der Waals surface area contributed by atoms with Crippen LogP contribution >= 0.6 is 35.3 Å². The van der Waals surface area contributed by atoms with Gasteiger partial charge < -0.3 is 14.4 Å². The molecule has 168 valence electrons. The number of aromatic nitrogens is 1. The number of amides is 1. The third-order valence-electron chi connectivity index (χ3n) is 4.44. The highest BCUT2D eigenvalue weighted by molar-refractivity contribution is 7.22. The first kappa shape index (κ1) is 25.2. The van der Waals surface area contributed by atoms with Gasteiger partial charge in [0.15, 0.2) is 11.7 Å². The van der Waals surface area contributed by atoms with Gasteiger partial charge in [0.2, 0.25) is 0 Å². The number of anilines is 1. The zero-order valence-corrected chi connectivity index (χ0v) is 20.4. The monoisotopic (exact) mass is 483 g/mol. The lowest BCUT2D eigenvalue weighted by Gasteiger charge is -2.22. The number of benzene rings is 2. The summed E-state index contributed by atoms with van der Waals surface area (Å²) in [5.74, 6) is 1.24. The number of hydrogen-bond donors (Lipinski definition) is 0. The number of aryl methyl sites for hydroxylation is 1. The van der Waals surface area contributed by atoms with E-state index < -0.39 is 0 Å². The SMILES string of the molecule is CCOc1ccc(OCC(=O)N(CCN(C)C)c2nc3c(C)cc(Cl)cc3s2)cc1.Cl. The minimum atomic E-state index is -0.145. The highest BCUT2D eigenvalue weighted by atomic mass is 35.5. The van der Waals surface area contributed by atoms with E-state index in [1.807, 2.05) is 57.1 Å². The van der Waals surface area contributed by atoms with Gasteiger partial charge >= 0.3 is 0 Å². The largest absolute Gasteiger partial charge is 0.494 e. The molecule has 0 radical (unpaired) electrons. The van der Waals surface area contributed by atoms with E-state index >= 15 is 0 Å². The number of likely N-dealkylation sites (N-methyl/N-ethyl adjacent to an activating group) is 1. The van der Waals surface area contributed by atoms with Gasteiger partial charge in [-0.05, 0) is 69.9 Å². The Balaban J connectivity index is 0.00000341. The van der Waals surface area contributed by atoms with Gasteiger partial charge in [-0.3, -0.25) is 9.69 Å². The second-order valence-corrected chi connectivity index (χ2v) is 8.55. The van der Waals surface area contributed by atoms with Crippen LogP contribution in [0.4, 0.5) is 5.13 Å². The molecule has 0 aliphatic rings. The summed E-state index contributed by atoms with van der Waals surface area (Å²) in [5, 5.41) is 1.32. The average molecular weight is 484 g/mol. The highest BCUT2D eigenvalue weighted by Gasteiger charge is 2.21. The summed E-state index contributed by atoms with van der Waals surface area (Å²) in [4.78, 5) is 21.5. The fourth-order valence-corrected chi connectivity index (χ4v) is 4.37. The fraction of sp³-hybridized carbons (Fsp3) is 0.364. The Morgan fingerprint density at radius 1 is 1.10 bits per heavy atom. The Hall–Kier alpha value is -2.06. The first-order valence-corrected chi connectivity index (χ1v) is 10.9. The number of hydrogen-bond acceptors (Lipinski definition) is 6. The lowest BCUT2D eigenvalue weighted by molar-refractivity contribution is -0.120. The Morgan fingerprint density at radius 3 is 2.35 bits per heavy atom. The van der Waals surface area contributed by atoms with Crippen LogP contribution in [0.5, 0.6) is 11.5 Å². The molecule has 0 aliphatic heterocycles. The van der Waals surface area contributed by atoms with Crippen molar-refractivity contribution in [2.24, 2.45) is 0 Å². The van der Waals surface area contributed by atoms with Gasteiger partial charge in [-0.15, -0.1) is 12.4 Å². The number of carbonyl (C=O) groups is 1. The minimum absolute atomic E-state index is 0. The number of halogens is 2. The van der Waals surface area contributed by atoms with Gasteiger partial charge in [0.1, 0.15) is 11.5 Å². The normalized spacial score (nSPS) is 10.8. The number of fused-ring (bicyclic) bond motifs is 1. The van der Waals surface area contributed by atoms with Crippen molar-refractivity contribution < 1.29 is 14.3 Å². The minimum Gasteiger partial charge on any atom is -0.494 e. The van der Waals surface area contributed by atoms with E-state index in [-0.39, 0.29) is 24.9 Å². The predicted octanol–water partition coefficient (Wildman–Crippen LogP) is 5.05. The molecule has 9 heteroatoms. The van der Waals surface area contributed by atoms with Crippen LogP contribution in [0.3, 0.4) is 0 Å². The predicted molar refractivity (Wildman–Crippen MR) is 131 cm³/mol. The topological polar surface area (TPSA) is 54.9 Å². The molecule has 6 nitrogen and oxygen atoms in total. The second-order valence-electron chi connectivity index (χ2n) is 7.11. The first-order valence-electron chi connectivity index (χ1n) is 9.74. The molecule has 0 fully saturated rings. The zero-order valence-electron chi connectivity index (χ0n) is 18.1. The fourth-order valence-electron chi connectivity index (χ4n) is 2.91. The number of thiazole rings is 1. The van der Waals surface area contributed by atoms with Crippen molar-refractivity contribution in [2.75, 3.05) is 45.3 Å². The molecular weight excluding hydrogens is 457 g/mol. The quantitative estimate of drug-likeness (QED) is 0.426. The third kappa shape index (κ3) is 6.71. The molecule has 0 aliphatic carbocycles. The molecule has 0 bridgehead atoms. The van der Waals surface area contributed by atoms with Gasteiger partial charge in [0.25, 0.3) is 5.91 Å². The van der Waals surface area contributed by atoms with Crippen LogP contribution in [0.1, 0.15) is 12.5 Å². The summed E-state index contributed by atoms with van der Waals surface area (Å²) in [7, 11) is 3.95. The van der Waals surface area contributed by atoms with Crippen molar-refractivity contribution in [1.82, 2.24) is 9.88 Å². The van der Waals surface area contributed by atoms with Crippen molar-refractivity contribution in [2.45, 2.75) is 13.8 Å². The molecule has 3 rings (SSSR count). The van der Waals surface area contributed by atoms with E-state index in [2.05, 4.69) is 0 Å². The van der Waals surface area contributed by atoms with E-state index in [1.165, 1.54) is 11.3 Å². The van der Waals surface area contributed by atoms with Gasteiger partial charge in [-0.25, -0.2) is 4.98 Å². The van der Waals surface area contributed by atoms with Crippen molar-refractivity contribution >= 4 is 56.6 Å². The summed E-state index contributed by atoms with van der Waals surface area (Å²) >= 11 is 7.65. The van der Waals surface area contributed by atoms with Crippen molar-refractivity contribution in [1.29, 1.82) is 0 Å². The standard InChI is InChI=1S/C22H26ClN3O3S.ClH/c1-5-28-17-6-8-18(9-7-17)29-14-20(27)26(11-10-25(3)4)22-24-21-15(2)12-16(23)13-19(21)30-22;/h6-9,12-13H,5,10-11,14H2,1-4H3;1H. The van der Waals surface area contributed by atoms with Crippen LogP contribution in [0.15, 0.2) is 36.4 Å². The lowest BCUT2D eigenvalue weighted by atomic mass is 10.2. The Kier molecular flexibility index (Phi) is 9.37. The van der Waals surface area contributed by atoms with Gasteiger partial charge in [0, 0.05) is 18.1 Å². The Morgan fingerprint density at radius 2 is 1.74 bits per heavy atom. The molecule has 1 heterocycles. The van der Waals surface area contributed by atoms with Crippen LogP contribution in [-0.2, 0) is 4.79 Å². The molecule has 0 N–H and O–H groups in total. The molecule has 1 amide bonds. The van der Waals surface area contributed by atoms with Crippen LogP contribution in [-0.4, -0.2) is 56.2 Å². The van der Waals surface area contributed by atoms with E-state index in [0.29, 0.717) is 35.6 Å². The first-order chi connectivity index (χ1) is 14.4. The molecule has 0 saturated heterocycles. The zero-order chi connectivity index (χ0) is 21.7. The van der Waals surface area contributed by atoms with Crippen LogP contribution in [0.25, 0.3) is 10.2 Å². The molecule has 0 atom stereocenters. The number of carbonyl (C=O) groups excluding carboxylic acids is 1. The molecule has 31 heavy (non-hydrogen) atoms. The smallest absolute Gasteiger partial charge is 0.266 e. The number of ether oxygens (including phenoxy) is 2. The van der Waals surface area contributed by atoms with E-state index in [9.17, 15) is 4.79 Å². The lowest BCUT2D eigenvalue weighted by Crippen LogP contribution is -2.39. The summed E-state index contributed by atoms with van der Waals surface area (Å²) in [6.45, 7) is 5.67. The summed E-state index contributed by atoms with van der Waals surface area (Å²) in [6.07, 6.45) is 0. The average Bonchev–Trinajstić information content (AvgIpc) is 3.11. The summed E-state index contributed by atoms with van der Waals surface area (Å²) in [6, 6.07) is 11.0. The maximum absolute atomic E-state index is 13.0.